The Hall–Kier alpha value is -0.950. The smallest absolute Gasteiger partial charge is 0.354 e. The minimum Gasteiger partial charge on any atom is -0.477 e. The summed E-state index contributed by atoms with van der Waals surface area (Å²) in [5.74, 6) is -2.02. The molecule has 0 spiro atoms. The van der Waals surface area contributed by atoms with E-state index in [1.165, 1.54) is 51.5 Å². The lowest BCUT2D eigenvalue weighted by molar-refractivity contribution is -0.156. The molecule has 2 aliphatic rings. The summed E-state index contributed by atoms with van der Waals surface area (Å²) in [5, 5.41) is 27.2. The normalized spacial score (nSPS) is 24.6. The molecule has 1 fully saturated rings. The second-order valence-corrected chi connectivity index (χ2v) is 9.70. The van der Waals surface area contributed by atoms with Crippen LogP contribution in [-0.2, 0) is 9.59 Å². The molecule has 3 heterocycles. The summed E-state index contributed by atoms with van der Waals surface area (Å²) in [6, 6.07) is 0. The van der Waals surface area contributed by atoms with E-state index in [4.69, 9.17) is 5.73 Å². The van der Waals surface area contributed by atoms with Crippen LogP contribution in [0.15, 0.2) is 14.3 Å². The average molecular weight is 393 g/mol. The third-order valence-corrected chi connectivity index (χ3v) is 7.94. The number of thioether (sulfide) groups is 3. The number of β-lactam (4-membered cyclic amide) rings is 1. The standard InChI is InChI=1S/C11H12N4O4S4/c1-3(16)4-6(17)15-5(8(18)19)9(22-7(4)15)20-2-21-11-14-13-10(12)23-11/h3-4,7,16H,2H2,1H3,(H2,12,13)(H,18,19)/t3-,4+,7-/m1/s1. The van der Waals surface area contributed by atoms with Crippen molar-refractivity contribution in [3.05, 3.63) is 9.93 Å². The lowest BCUT2D eigenvalue weighted by Crippen LogP contribution is -2.60. The molecule has 3 atom stereocenters. The van der Waals surface area contributed by atoms with Gasteiger partial charge < -0.3 is 15.9 Å². The fourth-order valence-electron chi connectivity index (χ4n) is 2.26. The van der Waals surface area contributed by atoms with Crippen LogP contribution in [0.2, 0.25) is 0 Å². The van der Waals surface area contributed by atoms with Gasteiger partial charge in [0.25, 0.3) is 0 Å². The van der Waals surface area contributed by atoms with Crippen molar-refractivity contribution in [3.8, 4) is 0 Å². The molecule has 0 aromatic carbocycles. The molecule has 0 aliphatic carbocycles. The van der Waals surface area contributed by atoms with Crippen molar-refractivity contribution in [2.24, 2.45) is 5.92 Å². The van der Waals surface area contributed by atoms with Crippen LogP contribution >= 0.6 is 46.6 Å². The number of aliphatic hydroxyl groups is 1. The van der Waals surface area contributed by atoms with E-state index in [-0.39, 0.29) is 17.0 Å². The quantitative estimate of drug-likeness (QED) is 0.367. The van der Waals surface area contributed by atoms with Crippen LogP contribution in [-0.4, -0.2) is 53.7 Å². The summed E-state index contributed by atoms with van der Waals surface area (Å²) in [6.45, 7) is 1.54. The number of anilines is 1. The largest absolute Gasteiger partial charge is 0.477 e. The van der Waals surface area contributed by atoms with Crippen LogP contribution in [0.4, 0.5) is 5.13 Å². The second kappa shape index (κ2) is 6.51. The van der Waals surface area contributed by atoms with Gasteiger partial charge in [0, 0.05) is 0 Å². The first-order valence-electron chi connectivity index (χ1n) is 6.40. The number of carbonyl (C=O) groups excluding carboxylic acids is 1. The maximum absolute atomic E-state index is 12.1. The van der Waals surface area contributed by atoms with Crippen LogP contribution in [0, 0.1) is 5.92 Å². The van der Waals surface area contributed by atoms with Crippen molar-refractivity contribution in [2.45, 2.75) is 22.7 Å². The number of carbonyl (C=O) groups is 2. The minimum atomic E-state index is -1.13. The third-order valence-electron chi connectivity index (χ3n) is 3.26. The maximum atomic E-state index is 12.1. The Morgan fingerprint density at radius 2 is 2.22 bits per heavy atom. The lowest BCUT2D eigenvalue weighted by atomic mass is 9.92. The summed E-state index contributed by atoms with van der Waals surface area (Å²) in [4.78, 5) is 24.8. The van der Waals surface area contributed by atoms with Gasteiger partial charge in [-0.2, -0.15) is 0 Å². The van der Waals surface area contributed by atoms with Crippen molar-refractivity contribution in [3.63, 3.8) is 0 Å². The van der Waals surface area contributed by atoms with Gasteiger partial charge in [0.2, 0.25) is 11.0 Å². The molecule has 3 rings (SSSR count). The molecule has 1 aromatic rings. The first-order valence-corrected chi connectivity index (χ1v) is 10.1. The van der Waals surface area contributed by atoms with E-state index in [1.807, 2.05) is 0 Å². The molecule has 2 aliphatic heterocycles. The number of nitrogen functional groups attached to an aromatic ring is 1. The van der Waals surface area contributed by atoms with Crippen LogP contribution in [0.1, 0.15) is 6.92 Å². The Bertz CT molecular complexity index is 691. The molecule has 4 N–H and O–H groups in total. The number of fused-ring (bicyclic) bond motifs is 1. The van der Waals surface area contributed by atoms with E-state index in [9.17, 15) is 19.8 Å². The SMILES string of the molecule is C[C@@H](O)[C@H]1C(=O)N2C(C(=O)O)=C(SCSc3nnc(N)s3)S[C@H]12. The molecule has 1 saturated heterocycles. The van der Waals surface area contributed by atoms with Crippen LogP contribution < -0.4 is 5.73 Å². The van der Waals surface area contributed by atoms with E-state index in [0.29, 0.717) is 18.8 Å². The molecule has 0 saturated carbocycles. The number of aliphatic carboxylic acids is 1. The Labute approximate surface area is 147 Å². The molecule has 0 radical (unpaired) electrons. The van der Waals surface area contributed by atoms with Gasteiger partial charge in [-0.15, -0.1) is 22.0 Å². The highest BCUT2D eigenvalue weighted by Crippen LogP contribution is 2.54. The number of carboxylic acids is 1. The third kappa shape index (κ3) is 3.05. The first kappa shape index (κ1) is 16.9. The fourth-order valence-corrected chi connectivity index (χ4v) is 7.34. The van der Waals surface area contributed by atoms with Gasteiger partial charge in [-0.05, 0) is 6.92 Å². The predicted molar refractivity (Wildman–Crippen MR) is 90.7 cm³/mol. The average Bonchev–Trinajstić information content (AvgIpc) is 3.00. The van der Waals surface area contributed by atoms with Gasteiger partial charge in [0.1, 0.15) is 5.37 Å². The van der Waals surface area contributed by atoms with E-state index >= 15 is 0 Å². The summed E-state index contributed by atoms with van der Waals surface area (Å²) in [7, 11) is 0. The summed E-state index contributed by atoms with van der Waals surface area (Å²) in [5.41, 5.74) is 5.51. The molecule has 12 heteroatoms. The zero-order chi connectivity index (χ0) is 16.7. The molecule has 0 bridgehead atoms. The number of carboxylic acid groups (broad SMARTS) is 1. The highest BCUT2D eigenvalue weighted by Gasteiger charge is 2.57. The number of nitrogens with two attached hydrogens (primary N) is 1. The van der Waals surface area contributed by atoms with Crippen molar-refractivity contribution >= 4 is 63.6 Å². The fraction of sp³-hybridized carbons (Fsp3) is 0.455. The van der Waals surface area contributed by atoms with Crippen LogP contribution in [0.5, 0.6) is 0 Å². The van der Waals surface area contributed by atoms with E-state index in [1.54, 1.807) is 6.92 Å². The highest BCUT2D eigenvalue weighted by atomic mass is 32.2. The van der Waals surface area contributed by atoms with E-state index in [2.05, 4.69) is 10.2 Å². The van der Waals surface area contributed by atoms with Gasteiger partial charge in [-0.3, -0.25) is 9.69 Å². The molecule has 0 unspecified atom stereocenters. The summed E-state index contributed by atoms with van der Waals surface area (Å²) in [6.07, 6.45) is -0.797. The van der Waals surface area contributed by atoms with Gasteiger partial charge in [-0.1, -0.05) is 34.9 Å². The number of hydrogen-bond donors (Lipinski definition) is 3. The molecule has 23 heavy (non-hydrogen) atoms. The highest BCUT2D eigenvalue weighted by molar-refractivity contribution is 8.28. The van der Waals surface area contributed by atoms with Crippen LogP contribution in [0.3, 0.4) is 0 Å². The molecule has 8 nitrogen and oxygen atoms in total. The van der Waals surface area contributed by atoms with Crippen molar-refractivity contribution in [2.75, 3.05) is 10.8 Å². The van der Waals surface area contributed by atoms with Gasteiger partial charge in [0.05, 0.1) is 21.3 Å². The van der Waals surface area contributed by atoms with Crippen molar-refractivity contribution in [1.82, 2.24) is 15.1 Å². The second-order valence-electron chi connectivity index (χ2n) is 4.74. The molecule has 1 amide bonds. The van der Waals surface area contributed by atoms with Gasteiger partial charge in [-0.25, -0.2) is 4.79 Å². The number of hydrogen-bond acceptors (Lipinski definition) is 10. The zero-order valence-corrected chi connectivity index (χ0v) is 15.0. The monoisotopic (exact) mass is 392 g/mol. The maximum Gasteiger partial charge on any atom is 0.354 e. The Kier molecular flexibility index (Phi) is 4.78. The predicted octanol–water partition coefficient (Wildman–Crippen LogP) is 1.07. The summed E-state index contributed by atoms with van der Waals surface area (Å²) >= 11 is 5.32. The number of rotatable bonds is 6. The molecule has 1 aromatic heterocycles. The van der Waals surface area contributed by atoms with Gasteiger partial charge >= 0.3 is 5.97 Å². The van der Waals surface area contributed by atoms with Crippen LogP contribution in [0.25, 0.3) is 0 Å². The van der Waals surface area contributed by atoms with Crippen molar-refractivity contribution in [1.29, 1.82) is 0 Å². The zero-order valence-electron chi connectivity index (χ0n) is 11.7. The molecular formula is C11H12N4O4S4. The Morgan fingerprint density at radius 3 is 2.78 bits per heavy atom. The summed E-state index contributed by atoms with van der Waals surface area (Å²) < 4.78 is 1.28. The topological polar surface area (TPSA) is 130 Å². The Morgan fingerprint density at radius 1 is 1.48 bits per heavy atom. The molecule has 124 valence electrons. The number of aliphatic hydroxyl groups excluding tert-OH is 1. The van der Waals surface area contributed by atoms with E-state index in [0.717, 1.165) is 0 Å². The number of amides is 1. The molecular weight excluding hydrogens is 380 g/mol. The number of nitrogens with zero attached hydrogens (tertiary/aromatic N) is 3. The number of aromatic nitrogens is 2. The van der Waals surface area contributed by atoms with E-state index < -0.39 is 18.0 Å². The first-order chi connectivity index (χ1) is 10.9. The van der Waals surface area contributed by atoms with Gasteiger partial charge in [0.15, 0.2) is 10.0 Å². The minimum absolute atomic E-state index is 0.00396. The Balaban J connectivity index is 1.68. The van der Waals surface area contributed by atoms with Crippen molar-refractivity contribution < 1.29 is 19.8 Å². The lowest BCUT2D eigenvalue weighted by Gasteiger charge is -2.43.